The van der Waals surface area contributed by atoms with E-state index in [4.69, 9.17) is 9.47 Å². The smallest absolute Gasteiger partial charge is 0.313 e. The van der Waals surface area contributed by atoms with E-state index in [1.165, 1.54) is 0 Å². The van der Waals surface area contributed by atoms with Crippen LogP contribution in [0.25, 0.3) is 0 Å². The Bertz CT molecular complexity index is 956. The lowest BCUT2D eigenvalue weighted by Crippen LogP contribution is -2.32. The molecule has 9 nitrogen and oxygen atoms in total. The van der Waals surface area contributed by atoms with Gasteiger partial charge in [-0.2, -0.15) is 8.78 Å². The highest BCUT2D eigenvalue weighted by atomic mass is 19.2. The molecule has 0 unspecified atom stereocenters. The van der Waals surface area contributed by atoms with Crippen LogP contribution in [0, 0.1) is 29.1 Å². The molecule has 2 rings (SSSR count). The second kappa shape index (κ2) is 13.5. The number of nitrogens with one attached hydrogen (secondary N) is 1. The van der Waals surface area contributed by atoms with Gasteiger partial charge in [-0.05, 0) is 6.42 Å². The Balaban J connectivity index is 1.50. The van der Waals surface area contributed by atoms with Gasteiger partial charge < -0.3 is 19.5 Å². The zero-order chi connectivity index (χ0) is 26.0. The number of hydrogen-bond donors (Lipinski definition) is 1. The number of carbonyl (C=O) groups is 4. The van der Waals surface area contributed by atoms with E-state index in [9.17, 15) is 41.1 Å². The fourth-order valence-electron chi connectivity index (χ4n) is 2.72. The maximum atomic E-state index is 13.5. The van der Waals surface area contributed by atoms with Crippen LogP contribution in [0.2, 0.25) is 0 Å². The first-order chi connectivity index (χ1) is 16.6. The minimum Gasteiger partial charge on any atom is -0.420 e. The minimum atomic E-state index is -2.37. The zero-order valence-electron chi connectivity index (χ0n) is 18.2. The van der Waals surface area contributed by atoms with E-state index in [2.05, 4.69) is 10.1 Å². The van der Waals surface area contributed by atoms with Crippen molar-refractivity contribution in [3.05, 3.63) is 41.2 Å². The summed E-state index contributed by atoms with van der Waals surface area (Å²) in [4.78, 5) is 47.0. The number of hydrogen-bond acceptors (Lipinski definition) is 7. The van der Waals surface area contributed by atoms with Crippen molar-refractivity contribution in [1.82, 2.24) is 10.2 Å². The van der Waals surface area contributed by atoms with Gasteiger partial charge in [0.1, 0.15) is 0 Å². The number of rotatable bonds is 14. The lowest BCUT2D eigenvalue weighted by atomic mass is 10.2. The summed E-state index contributed by atoms with van der Waals surface area (Å²) < 4.78 is 80.5. The monoisotopic (exact) mass is 508 g/mol. The molecule has 35 heavy (non-hydrogen) atoms. The van der Waals surface area contributed by atoms with Crippen molar-refractivity contribution in [1.29, 1.82) is 0 Å². The van der Waals surface area contributed by atoms with Crippen molar-refractivity contribution in [2.45, 2.75) is 19.3 Å². The van der Waals surface area contributed by atoms with Gasteiger partial charge >= 0.3 is 5.97 Å². The highest BCUT2D eigenvalue weighted by molar-refractivity contribution is 6.12. The minimum absolute atomic E-state index is 0.00960. The second-order valence-electron chi connectivity index (χ2n) is 6.96. The van der Waals surface area contributed by atoms with Gasteiger partial charge in [0.15, 0.2) is 0 Å². The molecule has 1 aromatic rings. The van der Waals surface area contributed by atoms with E-state index in [1.54, 1.807) is 0 Å². The number of amides is 3. The van der Waals surface area contributed by atoms with Crippen LogP contribution in [0.15, 0.2) is 12.2 Å². The fraction of sp³-hybridized carbons (Fsp3) is 0.429. The van der Waals surface area contributed by atoms with Crippen LogP contribution in [-0.4, -0.2) is 68.1 Å². The Labute approximate surface area is 195 Å². The number of imide groups is 1. The quantitative estimate of drug-likeness (QED) is 0.0772. The number of nitrogens with zero attached hydrogens (tertiary/aromatic N) is 1. The highest BCUT2D eigenvalue weighted by Gasteiger charge is 2.28. The predicted molar refractivity (Wildman–Crippen MR) is 106 cm³/mol. The third-order valence-corrected chi connectivity index (χ3v) is 4.46. The standard InChI is InChI=1S/C21H21F5N2O7/c22-16-17(23)19(25)21(20(26)18(16)24)35-15(32)5-8-33-10-11-34-9-6-27-12(29)2-1-7-28-13(30)3-4-14(28)31/h3-4H,1-2,5-11H2,(H,27,29). The summed E-state index contributed by atoms with van der Waals surface area (Å²) in [6, 6.07) is 0. The van der Waals surface area contributed by atoms with Gasteiger partial charge in [0.05, 0.1) is 32.8 Å². The van der Waals surface area contributed by atoms with Crippen LogP contribution >= 0.6 is 0 Å². The third kappa shape index (κ3) is 8.10. The average Bonchev–Trinajstić information content (AvgIpc) is 3.15. The first-order valence-electron chi connectivity index (χ1n) is 10.3. The molecule has 14 heteroatoms. The molecule has 1 N–H and O–H groups in total. The van der Waals surface area contributed by atoms with Crippen LogP contribution in [0.3, 0.4) is 0 Å². The molecule has 0 spiro atoms. The molecule has 1 heterocycles. The lowest BCUT2D eigenvalue weighted by molar-refractivity contribution is -0.138. The molecule has 1 aliphatic heterocycles. The molecular weight excluding hydrogens is 487 g/mol. The molecule has 1 aliphatic rings. The van der Waals surface area contributed by atoms with E-state index < -0.39 is 59.0 Å². The molecule has 3 amide bonds. The van der Waals surface area contributed by atoms with Gasteiger partial charge in [0.2, 0.25) is 40.7 Å². The van der Waals surface area contributed by atoms with Gasteiger partial charge in [0, 0.05) is 31.7 Å². The molecule has 192 valence electrons. The number of ether oxygens (including phenoxy) is 3. The van der Waals surface area contributed by atoms with Gasteiger partial charge in [0.25, 0.3) is 11.8 Å². The molecule has 0 fully saturated rings. The van der Waals surface area contributed by atoms with E-state index in [0.29, 0.717) is 6.42 Å². The molecule has 0 aromatic heterocycles. The molecular formula is C21H21F5N2O7. The van der Waals surface area contributed by atoms with Gasteiger partial charge in [-0.25, -0.2) is 13.2 Å². The molecule has 0 bridgehead atoms. The van der Waals surface area contributed by atoms with Crippen LogP contribution in [-0.2, 0) is 28.7 Å². The first-order valence-corrected chi connectivity index (χ1v) is 10.3. The van der Waals surface area contributed by atoms with E-state index >= 15 is 0 Å². The lowest BCUT2D eigenvalue weighted by Gasteiger charge is -2.13. The summed E-state index contributed by atoms with van der Waals surface area (Å²) in [5.74, 6) is -15.4. The summed E-state index contributed by atoms with van der Waals surface area (Å²) in [6.45, 7) is 0.290. The van der Waals surface area contributed by atoms with Crippen LogP contribution in [0.4, 0.5) is 22.0 Å². The summed E-state index contributed by atoms with van der Waals surface area (Å²) in [5, 5.41) is 2.58. The van der Waals surface area contributed by atoms with Crippen LogP contribution in [0.5, 0.6) is 5.75 Å². The SMILES string of the molecule is O=C(CCCN1C(=O)C=CC1=O)NCCOCCOCCC(=O)Oc1c(F)c(F)c(F)c(F)c1F. The Kier molecular flexibility index (Phi) is 10.7. The van der Waals surface area contributed by atoms with Crippen molar-refractivity contribution in [3.8, 4) is 5.75 Å². The summed E-state index contributed by atoms with van der Waals surface area (Å²) in [7, 11) is 0. The topological polar surface area (TPSA) is 111 Å². The Hall–Kier alpha value is -3.39. The Morgan fingerprint density at radius 2 is 1.31 bits per heavy atom. The molecule has 0 saturated heterocycles. The van der Waals surface area contributed by atoms with E-state index in [1.807, 2.05) is 0 Å². The van der Waals surface area contributed by atoms with E-state index in [-0.39, 0.29) is 51.8 Å². The maximum Gasteiger partial charge on any atom is 0.313 e. The van der Waals surface area contributed by atoms with Crippen LogP contribution < -0.4 is 10.1 Å². The first kappa shape index (κ1) is 27.9. The molecule has 0 atom stereocenters. The number of carbonyl (C=O) groups excluding carboxylic acids is 4. The van der Waals surface area contributed by atoms with Crippen molar-refractivity contribution in [2.75, 3.05) is 39.5 Å². The Morgan fingerprint density at radius 3 is 1.91 bits per heavy atom. The van der Waals surface area contributed by atoms with Crippen molar-refractivity contribution >= 4 is 23.7 Å². The van der Waals surface area contributed by atoms with Gasteiger partial charge in [-0.15, -0.1) is 0 Å². The zero-order valence-corrected chi connectivity index (χ0v) is 18.2. The predicted octanol–water partition coefficient (Wildman–Crippen LogP) is 1.53. The number of benzene rings is 1. The van der Waals surface area contributed by atoms with Gasteiger partial charge in [-0.3, -0.25) is 24.1 Å². The normalized spacial score (nSPS) is 13.0. The number of halogens is 5. The summed E-state index contributed by atoms with van der Waals surface area (Å²) >= 11 is 0. The summed E-state index contributed by atoms with van der Waals surface area (Å²) in [5.41, 5.74) is 0. The molecule has 0 saturated carbocycles. The fourth-order valence-corrected chi connectivity index (χ4v) is 2.72. The highest BCUT2D eigenvalue weighted by Crippen LogP contribution is 2.29. The summed E-state index contributed by atoms with van der Waals surface area (Å²) in [6.07, 6.45) is 2.22. The molecule has 0 radical (unpaired) electrons. The third-order valence-electron chi connectivity index (χ3n) is 4.46. The molecule has 0 aliphatic carbocycles. The van der Waals surface area contributed by atoms with E-state index in [0.717, 1.165) is 17.1 Å². The average molecular weight is 508 g/mol. The Morgan fingerprint density at radius 1 is 0.771 bits per heavy atom. The maximum absolute atomic E-state index is 13.5. The van der Waals surface area contributed by atoms with Crippen LogP contribution in [0.1, 0.15) is 19.3 Å². The second-order valence-corrected chi connectivity index (χ2v) is 6.96. The van der Waals surface area contributed by atoms with Crippen molar-refractivity contribution in [3.63, 3.8) is 0 Å². The van der Waals surface area contributed by atoms with Crippen molar-refractivity contribution in [2.24, 2.45) is 0 Å². The van der Waals surface area contributed by atoms with Gasteiger partial charge in [-0.1, -0.05) is 0 Å². The molecule has 1 aromatic carbocycles. The van der Waals surface area contributed by atoms with Crippen molar-refractivity contribution < 1.29 is 55.3 Å². The largest absolute Gasteiger partial charge is 0.420 e. The number of esters is 1.